The number of nitrogens with zero attached hydrogens (tertiary/aromatic N) is 3. The molecule has 9 nitrogen and oxygen atoms in total. The van der Waals surface area contributed by atoms with Gasteiger partial charge in [-0.2, -0.15) is 0 Å². The van der Waals surface area contributed by atoms with Gasteiger partial charge in [0.25, 0.3) is 0 Å². The van der Waals surface area contributed by atoms with Gasteiger partial charge in [-0.3, -0.25) is 9.88 Å². The summed E-state index contributed by atoms with van der Waals surface area (Å²) < 4.78 is 24.7. The smallest absolute Gasteiger partial charge is 0.212 e. The van der Waals surface area contributed by atoms with E-state index in [1.165, 1.54) is 0 Å². The van der Waals surface area contributed by atoms with Crippen molar-refractivity contribution in [3.8, 4) is 23.0 Å². The molecule has 0 saturated heterocycles. The number of guanidine groups is 1. The highest BCUT2D eigenvalue weighted by Gasteiger charge is 2.29. The first kappa shape index (κ1) is 17.5. The van der Waals surface area contributed by atoms with Gasteiger partial charge >= 0.3 is 0 Å². The van der Waals surface area contributed by atoms with E-state index in [0.29, 0.717) is 42.2 Å². The van der Waals surface area contributed by atoms with E-state index in [9.17, 15) is 0 Å². The molecule has 2 aliphatic heterocycles. The number of hydrogen-bond acceptors (Lipinski definition) is 8. The van der Waals surface area contributed by atoms with Gasteiger partial charge in [-0.15, -0.1) is 0 Å². The highest BCUT2D eigenvalue weighted by molar-refractivity contribution is 5.95. The second-order valence-corrected chi connectivity index (χ2v) is 6.74. The van der Waals surface area contributed by atoms with Crippen LogP contribution in [0.3, 0.4) is 0 Å². The van der Waals surface area contributed by atoms with Gasteiger partial charge in [-0.25, -0.2) is 9.98 Å². The van der Waals surface area contributed by atoms with Gasteiger partial charge in [0.1, 0.15) is 0 Å². The van der Waals surface area contributed by atoms with E-state index in [1.54, 1.807) is 14.2 Å². The number of ether oxygens (including phenoxy) is 4. The number of hydrogen-bond donors (Lipinski definition) is 2. The van der Waals surface area contributed by atoms with Gasteiger partial charge in [-0.1, -0.05) is 12.1 Å². The summed E-state index contributed by atoms with van der Waals surface area (Å²) in [5, 5.41) is 3.04. The molecule has 0 saturated carbocycles. The number of para-hydroxylation sites is 1. The van der Waals surface area contributed by atoms with Crippen molar-refractivity contribution in [2.45, 2.75) is 12.6 Å². The highest BCUT2D eigenvalue weighted by atomic mass is 16.5. The van der Waals surface area contributed by atoms with Crippen LogP contribution in [0.2, 0.25) is 0 Å². The maximum atomic E-state index is 6.07. The summed E-state index contributed by atoms with van der Waals surface area (Å²) >= 11 is 0. The Kier molecular flexibility index (Phi) is 4.08. The Morgan fingerprint density at radius 3 is 2.69 bits per heavy atom. The molecule has 2 aromatic carbocycles. The van der Waals surface area contributed by atoms with Crippen LogP contribution < -0.4 is 30.0 Å². The molecular weight excluding hydrogens is 374 g/mol. The molecule has 0 radical (unpaired) electrons. The summed E-state index contributed by atoms with van der Waals surface area (Å²) in [6.07, 6.45) is 0.356. The molecule has 1 aromatic heterocycles. The number of imidazole rings is 1. The third-order valence-corrected chi connectivity index (χ3v) is 5.02. The van der Waals surface area contributed by atoms with Crippen molar-refractivity contribution in [1.29, 1.82) is 0 Å². The molecule has 2 aliphatic rings. The van der Waals surface area contributed by atoms with Crippen molar-refractivity contribution >= 4 is 22.9 Å². The van der Waals surface area contributed by atoms with Crippen LogP contribution in [0.5, 0.6) is 23.0 Å². The molecule has 3 aromatic rings. The number of nitrogens with two attached hydrogens (primary N) is 1. The molecule has 150 valence electrons. The van der Waals surface area contributed by atoms with Crippen LogP contribution >= 0.6 is 0 Å². The van der Waals surface area contributed by atoms with E-state index in [-0.39, 0.29) is 5.96 Å². The maximum Gasteiger partial charge on any atom is 0.212 e. The quantitative estimate of drug-likeness (QED) is 0.702. The Morgan fingerprint density at radius 1 is 1.14 bits per heavy atom. The third-order valence-electron chi connectivity index (χ3n) is 5.02. The van der Waals surface area contributed by atoms with Gasteiger partial charge in [-0.05, 0) is 6.07 Å². The molecule has 0 bridgehead atoms. The number of nitrogens with one attached hydrogen (secondary N) is 1. The standard InChI is InChI=1S/C20H21N5O4/c1-26-14-6-3-5-11(17(14)27-2)18-23-19(21)24-20-22-12-9-15-16(10-13(12)25(18)20)29-8-4-7-28-15/h3,5-6,9-10,18H,4,7-8H2,1-2H3,(H3,21,22,23,24). The largest absolute Gasteiger partial charge is 0.493 e. The van der Waals surface area contributed by atoms with E-state index in [4.69, 9.17) is 29.7 Å². The predicted octanol–water partition coefficient (Wildman–Crippen LogP) is 2.50. The number of fused-ring (bicyclic) bond motifs is 4. The molecule has 0 fully saturated rings. The molecule has 29 heavy (non-hydrogen) atoms. The lowest BCUT2D eigenvalue weighted by atomic mass is 10.1. The Labute approximate surface area is 167 Å². The molecule has 9 heteroatoms. The van der Waals surface area contributed by atoms with Gasteiger partial charge in [0.15, 0.2) is 35.1 Å². The zero-order valence-electron chi connectivity index (χ0n) is 16.1. The molecule has 1 unspecified atom stereocenters. The van der Waals surface area contributed by atoms with E-state index in [0.717, 1.165) is 23.0 Å². The second-order valence-electron chi connectivity index (χ2n) is 6.74. The van der Waals surface area contributed by atoms with Crippen LogP contribution in [-0.4, -0.2) is 42.9 Å². The fourth-order valence-corrected chi connectivity index (χ4v) is 3.75. The zero-order valence-corrected chi connectivity index (χ0v) is 16.1. The minimum atomic E-state index is -0.481. The van der Waals surface area contributed by atoms with Crippen molar-refractivity contribution in [2.24, 2.45) is 10.7 Å². The predicted molar refractivity (Wildman–Crippen MR) is 108 cm³/mol. The summed E-state index contributed by atoms with van der Waals surface area (Å²) in [5.74, 6) is 3.46. The zero-order chi connectivity index (χ0) is 20.0. The van der Waals surface area contributed by atoms with Crippen LogP contribution in [0, 0.1) is 0 Å². The Bertz CT molecular complexity index is 1120. The minimum absolute atomic E-state index is 0.275. The van der Waals surface area contributed by atoms with Crippen LogP contribution in [-0.2, 0) is 0 Å². The lowest BCUT2D eigenvalue weighted by molar-refractivity contribution is 0.297. The van der Waals surface area contributed by atoms with Gasteiger partial charge in [0.05, 0.1) is 38.5 Å². The van der Waals surface area contributed by atoms with Crippen molar-refractivity contribution in [2.75, 3.05) is 32.8 Å². The summed E-state index contributed by atoms with van der Waals surface area (Å²) in [7, 11) is 3.21. The number of anilines is 1. The lowest BCUT2D eigenvalue weighted by Crippen LogP contribution is -2.31. The van der Waals surface area contributed by atoms with Gasteiger partial charge < -0.3 is 24.7 Å². The van der Waals surface area contributed by atoms with Crippen molar-refractivity contribution in [3.05, 3.63) is 35.9 Å². The normalized spacial score (nSPS) is 17.7. The lowest BCUT2D eigenvalue weighted by Gasteiger charge is -2.25. The average Bonchev–Trinajstić information content (AvgIpc) is 2.91. The van der Waals surface area contributed by atoms with Crippen LogP contribution in [0.4, 0.5) is 5.95 Å². The molecule has 3 heterocycles. The number of aliphatic imine (C=N–C) groups is 1. The maximum absolute atomic E-state index is 6.07. The summed E-state index contributed by atoms with van der Waals surface area (Å²) in [6, 6.07) is 9.50. The second kappa shape index (κ2) is 6.77. The van der Waals surface area contributed by atoms with E-state index in [2.05, 4.69) is 10.3 Å². The Morgan fingerprint density at radius 2 is 1.93 bits per heavy atom. The van der Waals surface area contributed by atoms with E-state index in [1.807, 2.05) is 34.9 Å². The molecule has 3 N–H and O–H groups in total. The van der Waals surface area contributed by atoms with Crippen molar-refractivity contribution in [1.82, 2.24) is 9.55 Å². The minimum Gasteiger partial charge on any atom is -0.493 e. The third kappa shape index (κ3) is 2.77. The number of aromatic nitrogens is 2. The molecule has 0 amide bonds. The Balaban J connectivity index is 1.73. The Hall–Kier alpha value is -3.62. The number of rotatable bonds is 3. The summed E-state index contributed by atoms with van der Waals surface area (Å²) in [5.41, 5.74) is 8.49. The van der Waals surface area contributed by atoms with Crippen LogP contribution in [0.1, 0.15) is 18.2 Å². The first-order chi connectivity index (χ1) is 14.2. The number of methoxy groups -OCH3 is 2. The summed E-state index contributed by atoms with van der Waals surface area (Å²) in [6.45, 7) is 1.22. The van der Waals surface area contributed by atoms with Crippen molar-refractivity contribution < 1.29 is 18.9 Å². The summed E-state index contributed by atoms with van der Waals surface area (Å²) in [4.78, 5) is 9.33. The SMILES string of the molecule is COc1cccc(C2N=C(N)Nc3nc4cc5c(cc4n32)OCCCO5)c1OC. The van der Waals surface area contributed by atoms with Crippen LogP contribution in [0.25, 0.3) is 11.0 Å². The van der Waals surface area contributed by atoms with Crippen LogP contribution in [0.15, 0.2) is 35.3 Å². The average molecular weight is 395 g/mol. The molecule has 0 aliphatic carbocycles. The van der Waals surface area contributed by atoms with Gasteiger partial charge in [0, 0.05) is 24.1 Å². The molecular formula is C20H21N5O4. The van der Waals surface area contributed by atoms with E-state index < -0.39 is 6.17 Å². The first-order valence-corrected chi connectivity index (χ1v) is 9.32. The van der Waals surface area contributed by atoms with E-state index >= 15 is 0 Å². The highest BCUT2D eigenvalue weighted by Crippen LogP contribution is 2.42. The topological polar surface area (TPSA) is 105 Å². The number of benzene rings is 2. The van der Waals surface area contributed by atoms with Crippen molar-refractivity contribution in [3.63, 3.8) is 0 Å². The fraction of sp³-hybridized carbons (Fsp3) is 0.300. The molecule has 1 atom stereocenters. The fourth-order valence-electron chi connectivity index (χ4n) is 3.75. The first-order valence-electron chi connectivity index (χ1n) is 9.32. The molecule has 5 rings (SSSR count). The molecule has 0 spiro atoms. The van der Waals surface area contributed by atoms with Gasteiger partial charge in [0.2, 0.25) is 5.95 Å². The monoisotopic (exact) mass is 395 g/mol.